The smallest absolute Gasteiger partial charge is 0.222 e. The van der Waals surface area contributed by atoms with E-state index in [4.69, 9.17) is 16.2 Å². The summed E-state index contributed by atoms with van der Waals surface area (Å²) in [6.07, 6.45) is 7.37. The van der Waals surface area contributed by atoms with E-state index in [1.807, 2.05) is 12.1 Å². The zero-order chi connectivity index (χ0) is 23.2. The van der Waals surface area contributed by atoms with Crippen molar-refractivity contribution in [1.82, 2.24) is 19.9 Å². The van der Waals surface area contributed by atoms with Gasteiger partial charge in [-0.25, -0.2) is 15.0 Å². The van der Waals surface area contributed by atoms with Crippen molar-refractivity contribution in [2.75, 3.05) is 51.0 Å². The highest BCUT2D eigenvalue weighted by atomic mass is 16.5. The molecule has 3 aromatic rings. The fraction of sp³-hybridized carbons (Fsp3) is 0.417. The highest BCUT2D eigenvalue weighted by Crippen LogP contribution is 2.36. The van der Waals surface area contributed by atoms with E-state index in [2.05, 4.69) is 55.1 Å². The van der Waals surface area contributed by atoms with E-state index in [-0.39, 0.29) is 5.95 Å². The Hall–Kier alpha value is -3.46. The monoisotopic (exact) mass is 448 g/mol. The molecule has 0 atom stereocenters. The number of rotatable bonds is 4. The van der Waals surface area contributed by atoms with Crippen molar-refractivity contribution >= 4 is 34.8 Å². The lowest BCUT2D eigenvalue weighted by atomic mass is 9.81. The van der Waals surface area contributed by atoms with Crippen LogP contribution in [0.4, 0.5) is 17.6 Å². The standard InChI is InChI=1S/C14H21N3.C10H11N5O/c1-16-7-9-17(10-8-16)14-6-5-13(11-15-14)12-3-2-4-12;1-16-7-4-2-3-6-8(7)14-10(12)15-9(6)13-5-11/h5-6,11-12H,2-4,7-10H2,1H3;2-5H,1H3,(H4,11,12,13,14,15). The first-order valence-corrected chi connectivity index (χ1v) is 11.3. The number of aliphatic imine (C=N–C) groups is 1. The van der Waals surface area contributed by atoms with Gasteiger partial charge in [-0.15, -0.1) is 0 Å². The Morgan fingerprint density at radius 2 is 1.88 bits per heavy atom. The third-order valence-electron chi connectivity index (χ3n) is 6.28. The number of hydrogen-bond acceptors (Lipinski definition) is 8. The molecule has 0 unspecified atom stereocenters. The molecule has 33 heavy (non-hydrogen) atoms. The van der Waals surface area contributed by atoms with Crippen LogP contribution in [0.3, 0.4) is 0 Å². The highest BCUT2D eigenvalue weighted by molar-refractivity contribution is 5.93. The fourth-order valence-corrected chi connectivity index (χ4v) is 4.06. The molecule has 2 aliphatic rings. The van der Waals surface area contributed by atoms with Crippen LogP contribution in [0, 0.1) is 0 Å². The highest BCUT2D eigenvalue weighted by Gasteiger charge is 2.20. The summed E-state index contributed by atoms with van der Waals surface area (Å²) in [5, 5.41) is 0.746. The first-order valence-electron chi connectivity index (χ1n) is 11.3. The summed E-state index contributed by atoms with van der Waals surface area (Å²) in [6.45, 7) is 4.50. The van der Waals surface area contributed by atoms with Crippen LogP contribution in [-0.2, 0) is 0 Å². The molecule has 2 fully saturated rings. The van der Waals surface area contributed by atoms with Gasteiger partial charge < -0.3 is 26.0 Å². The summed E-state index contributed by atoms with van der Waals surface area (Å²) in [5.41, 5.74) is 12.9. The molecular weight excluding hydrogens is 416 g/mol. The number of aromatic nitrogens is 3. The third kappa shape index (κ3) is 5.31. The van der Waals surface area contributed by atoms with E-state index in [0.29, 0.717) is 17.1 Å². The number of fused-ring (bicyclic) bond motifs is 1. The number of nitrogens with two attached hydrogens (primary N) is 2. The van der Waals surface area contributed by atoms with Gasteiger partial charge in [0, 0.05) is 37.8 Å². The molecule has 4 N–H and O–H groups in total. The number of ether oxygens (including phenoxy) is 1. The molecule has 9 nitrogen and oxygen atoms in total. The molecule has 174 valence electrons. The summed E-state index contributed by atoms with van der Waals surface area (Å²) in [5.74, 6) is 3.15. The zero-order valence-corrected chi connectivity index (χ0v) is 19.3. The molecule has 1 aliphatic carbocycles. The number of pyridine rings is 1. The number of methoxy groups -OCH3 is 1. The number of piperazine rings is 1. The Labute approximate surface area is 194 Å². The van der Waals surface area contributed by atoms with Gasteiger partial charge in [-0.2, -0.15) is 4.98 Å². The zero-order valence-electron chi connectivity index (χ0n) is 19.3. The van der Waals surface area contributed by atoms with Gasteiger partial charge in [0.1, 0.15) is 17.1 Å². The maximum atomic E-state index is 5.59. The van der Waals surface area contributed by atoms with E-state index in [9.17, 15) is 0 Å². The van der Waals surface area contributed by atoms with Gasteiger partial charge in [-0.05, 0) is 49.6 Å². The van der Waals surface area contributed by atoms with Gasteiger partial charge in [0.05, 0.1) is 13.4 Å². The number of nitrogen functional groups attached to an aromatic ring is 1. The number of likely N-dealkylation sites (N-methyl/N-ethyl adjacent to an activating group) is 1. The van der Waals surface area contributed by atoms with Crippen LogP contribution in [-0.4, -0.2) is 66.5 Å². The average molecular weight is 449 g/mol. The molecule has 9 heteroatoms. The molecule has 1 aromatic carbocycles. The maximum absolute atomic E-state index is 5.59. The Morgan fingerprint density at radius 1 is 1.09 bits per heavy atom. The minimum absolute atomic E-state index is 0.137. The number of nitrogens with zero attached hydrogens (tertiary/aromatic N) is 6. The van der Waals surface area contributed by atoms with Crippen molar-refractivity contribution in [1.29, 1.82) is 0 Å². The van der Waals surface area contributed by atoms with E-state index >= 15 is 0 Å². The van der Waals surface area contributed by atoms with Crippen LogP contribution < -0.4 is 21.1 Å². The topological polar surface area (TPSA) is 119 Å². The molecular formula is C24H32N8O. The average Bonchev–Trinajstić information content (AvgIpc) is 2.79. The number of para-hydroxylation sites is 1. The van der Waals surface area contributed by atoms with Crippen LogP contribution in [0.25, 0.3) is 10.9 Å². The van der Waals surface area contributed by atoms with Crippen molar-refractivity contribution in [3.8, 4) is 5.75 Å². The molecule has 0 amide bonds. The lowest BCUT2D eigenvalue weighted by Gasteiger charge is -2.33. The van der Waals surface area contributed by atoms with Crippen LogP contribution >= 0.6 is 0 Å². The predicted molar refractivity (Wildman–Crippen MR) is 133 cm³/mol. The van der Waals surface area contributed by atoms with Crippen LogP contribution in [0.1, 0.15) is 30.7 Å². The van der Waals surface area contributed by atoms with E-state index in [0.717, 1.165) is 43.3 Å². The molecule has 5 rings (SSSR count). The molecule has 0 spiro atoms. The van der Waals surface area contributed by atoms with Gasteiger partial charge >= 0.3 is 0 Å². The van der Waals surface area contributed by atoms with Gasteiger partial charge in [0.25, 0.3) is 0 Å². The number of benzene rings is 1. The molecule has 3 heterocycles. The fourth-order valence-electron chi connectivity index (χ4n) is 4.06. The molecule has 1 saturated carbocycles. The SMILES string of the molecule is CN1CCN(c2ccc(C3CCC3)cn2)CC1.COc1cccc2c(N=CN)nc(N)nc12. The molecule has 0 radical (unpaired) electrons. The normalized spacial score (nSPS) is 17.0. The van der Waals surface area contributed by atoms with Crippen molar-refractivity contribution < 1.29 is 4.74 Å². The Balaban J connectivity index is 0.000000157. The Kier molecular flexibility index (Phi) is 7.19. The summed E-state index contributed by atoms with van der Waals surface area (Å²) in [4.78, 5) is 21.5. The lowest BCUT2D eigenvalue weighted by Crippen LogP contribution is -2.44. The van der Waals surface area contributed by atoms with Crippen LogP contribution in [0.5, 0.6) is 5.75 Å². The second-order valence-electron chi connectivity index (χ2n) is 8.41. The third-order valence-corrected chi connectivity index (χ3v) is 6.28. The van der Waals surface area contributed by atoms with Crippen LogP contribution in [0.2, 0.25) is 0 Å². The first-order chi connectivity index (χ1) is 16.1. The summed E-state index contributed by atoms with van der Waals surface area (Å²) in [7, 11) is 3.75. The van der Waals surface area contributed by atoms with Gasteiger partial charge in [-0.1, -0.05) is 18.6 Å². The Bertz CT molecular complexity index is 1090. The summed E-state index contributed by atoms with van der Waals surface area (Å²) < 4.78 is 5.19. The van der Waals surface area contributed by atoms with E-state index < -0.39 is 0 Å². The summed E-state index contributed by atoms with van der Waals surface area (Å²) >= 11 is 0. The van der Waals surface area contributed by atoms with Crippen molar-refractivity contribution in [2.24, 2.45) is 10.7 Å². The molecule has 0 bridgehead atoms. The predicted octanol–water partition coefficient (Wildman–Crippen LogP) is 2.94. The molecule has 1 saturated heterocycles. The second kappa shape index (κ2) is 10.4. The van der Waals surface area contributed by atoms with Crippen molar-refractivity contribution in [3.63, 3.8) is 0 Å². The first kappa shape index (κ1) is 22.7. The van der Waals surface area contributed by atoms with Gasteiger partial charge in [0.15, 0.2) is 5.82 Å². The maximum Gasteiger partial charge on any atom is 0.222 e. The largest absolute Gasteiger partial charge is 0.494 e. The van der Waals surface area contributed by atoms with Gasteiger partial charge in [0.2, 0.25) is 5.95 Å². The number of hydrogen-bond donors (Lipinski definition) is 2. The molecule has 1 aliphatic heterocycles. The summed E-state index contributed by atoms with van der Waals surface area (Å²) in [6, 6.07) is 9.95. The van der Waals surface area contributed by atoms with Crippen molar-refractivity contribution in [3.05, 3.63) is 42.1 Å². The second-order valence-corrected chi connectivity index (χ2v) is 8.41. The minimum Gasteiger partial charge on any atom is -0.494 e. The minimum atomic E-state index is 0.137. The Morgan fingerprint density at radius 3 is 2.48 bits per heavy atom. The van der Waals surface area contributed by atoms with E-state index in [1.165, 1.54) is 31.2 Å². The quantitative estimate of drug-likeness (QED) is 0.462. The molecule has 2 aromatic heterocycles. The lowest BCUT2D eigenvalue weighted by molar-refractivity contribution is 0.312. The van der Waals surface area contributed by atoms with Crippen molar-refractivity contribution in [2.45, 2.75) is 25.2 Å². The van der Waals surface area contributed by atoms with Crippen LogP contribution in [0.15, 0.2) is 41.5 Å². The number of anilines is 2. The van der Waals surface area contributed by atoms with E-state index in [1.54, 1.807) is 13.2 Å². The van der Waals surface area contributed by atoms with Gasteiger partial charge in [-0.3, -0.25) is 0 Å².